The molecule has 0 radical (unpaired) electrons. The van der Waals surface area contributed by atoms with E-state index in [2.05, 4.69) is 13.5 Å². The maximum atomic E-state index is 5.93. The topological polar surface area (TPSA) is 18.5 Å². The molecule has 1 heterocycles. The van der Waals surface area contributed by atoms with Crippen LogP contribution < -0.4 is 0 Å². The zero-order valence-corrected chi connectivity index (χ0v) is 15.0. The number of rotatable bonds is 5. The van der Waals surface area contributed by atoms with E-state index < -0.39 is 23.3 Å². The molecular formula is C10H17ClHgO2. The van der Waals surface area contributed by atoms with E-state index in [4.69, 9.17) is 17.7 Å². The second-order valence-electron chi connectivity index (χ2n) is 3.59. The molecule has 0 spiro atoms. The molecule has 0 unspecified atom stereocenters. The van der Waals surface area contributed by atoms with Gasteiger partial charge in [-0.2, -0.15) is 0 Å². The van der Waals surface area contributed by atoms with Crippen molar-refractivity contribution in [2.75, 3.05) is 0 Å². The number of hydrogen-bond acceptors (Lipinski definition) is 2. The molecule has 78 valence electrons. The van der Waals surface area contributed by atoms with Crippen LogP contribution in [0.2, 0.25) is 3.93 Å². The van der Waals surface area contributed by atoms with Crippen LogP contribution in [0.1, 0.15) is 26.2 Å². The van der Waals surface area contributed by atoms with Gasteiger partial charge in [-0.25, -0.2) is 0 Å². The SMILES string of the molecule is C=CC[C@H]1C[C@@H]([CH2][Hg][Cl])O[C@@H](CC)O1. The molecule has 0 aliphatic carbocycles. The van der Waals surface area contributed by atoms with Gasteiger partial charge in [0.25, 0.3) is 0 Å². The van der Waals surface area contributed by atoms with E-state index in [1.165, 1.54) is 0 Å². The first-order valence-corrected chi connectivity index (χ1v) is 15.9. The molecule has 1 rings (SSSR count). The van der Waals surface area contributed by atoms with E-state index in [-0.39, 0.29) is 6.29 Å². The van der Waals surface area contributed by atoms with Crippen LogP contribution in [-0.2, 0) is 32.8 Å². The molecule has 3 atom stereocenters. The maximum absolute atomic E-state index is 5.93. The van der Waals surface area contributed by atoms with Crippen LogP contribution in [0.5, 0.6) is 0 Å². The fourth-order valence-electron chi connectivity index (χ4n) is 1.70. The summed E-state index contributed by atoms with van der Waals surface area (Å²) in [4.78, 5) is 0. The summed E-state index contributed by atoms with van der Waals surface area (Å²) in [6, 6.07) is 0. The predicted molar refractivity (Wildman–Crippen MR) is 53.9 cm³/mol. The molecule has 0 bridgehead atoms. The Bertz CT molecular complexity index is 178. The van der Waals surface area contributed by atoms with Crippen molar-refractivity contribution in [2.45, 2.75) is 48.6 Å². The van der Waals surface area contributed by atoms with Crippen LogP contribution in [0.3, 0.4) is 0 Å². The fourth-order valence-corrected chi connectivity index (χ4v) is 6.23. The quantitative estimate of drug-likeness (QED) is 0.517. The van der Waals surface area contributed by atoms with E-state index >= 15 is 0 Å². The van der Waals surface area contributed by atoms with E-state index in [0.717, 1.165) is 23.2 Å². The molecule has 1 aliphatic heterocycles. The van der Waals surface area contributed by atoms with Gasteiger partial charge in [-0.1, -0.05) is 0 Å². The molecule has 0 aromatic heterocycles. The van der Waals surface area contributed by atoms with Crippen molar-refractivity contribution in [3.8, 4) is 0 Å². The molecule has 0 aromatic rings. The Morgan fingerprint density at radius 3 is 2.79 bits per heavy atom. The van der Waals surface area contributed by atoms with Crippen molar-refractivity contribution in [3.63, 3.8) is 0 Å². The summed E-state index contributed by atoms with van der Waals surface area (Å²) in [7, 11) is 5.93. The Kier molecular flexibility index (Phi) is 6.67. The second kappa shape index (κ2) is 7.21. The molecule has 0 N–H and O–H groups in total. The third kappa shape index (κ3) is 4.17. The van der Waals surface area contributed by atoms with Crippen LogP contribution in [-0.4, -0.2) is 18.5 Å². The van der Waals surface area contributed by atoms with Gasteiger partial charge in [0.2, 0.25) is 0 Å². The van der Waals surface area contributed by atoms with Gasteiger partial charge in [0, 0.05) is 0 Å². The molecule has 0 amide bonds. The summed E-state index contributed by atoms with van der Waals surface area (Å²) in [6.45, 7) is 5.83. The van der Waals surface area contributed by atoms with E-state index in [0.29, 0.717) is 12.2 Å². The van der Waals surface area contributed by atoms with Crippen LogP contribution in [0.25, 0.3) is 0 Å². The van der Waals surface area contributed by atoms with Gasteiger partial charge < -0.3 is 0 Å². The summed E-state index contributed by atoms with van der Waals surface area (Å²) in [5.41, 5.74) is 0. The Balaban J connectivity index is 2.43. The van der Waals surface area contributed by atoms with Gasteiger partial charge in [0.05, 0.1) is 0 Å². The van der Waals surface area contributed by atoms with Crippen LogP contribution in [0, 0.1) is 0 Å². The molecule has 1 saturated heterocycles. The molecule has 2 nitrogen and oxygen atoms in total. The summed E-state index contributed by atoms with van der Waals surface area (Å²) in [5, 5.41) is 0. The summed E-state index contributed by atoms with van der Waals surface area (Å²) in [5.74, 6) is 0. The molecular weight excluding hydrogens is 388 g/mol. The Hall–Kier alpha value is 0.885. The number of halogens is 1. The predicted octanol–water partition coefficient (Wildman–Crippen LogP) is 3.13. The first-order chi connectivity index (χ1) is 6.80. The van der Waals surface area contributed by atoms with Gasteiger partial charge in [0.1, 0.15) is 0 Å². The van der Waals surface area contributed by atoms with Gasteiger partial charge >= 0.3 is 102 Å². The molecule has 1 aliphatic rings. The number of ether oxygens (including phenoxy) is 2. The van der Waals surface area contributed by atoms with Gasteiger partial charge in [-0.05, 0) is 0 Å². The fraction of sp³-hybridized carbons (Fsp3) is 0.800. The first-order valence-electron chi connectivity index (χ1n) is 5.27. The van der Waals surface area contributed by atoms with Crippen molar-refractivity contribution >= 4 is 8.25 Å². The van der Waals surface area contributed by atoms with Crippen LogP contribution in [0.15, 0.2) is 12.7 Å². The van der Waals surface area contributed by atoms with Gasteiger partial charge in [0.15, 0.2) is 0 Å². The second-order valence-corrected chi connectivity index (χ2v) is 10.6. The van der Waals surface area contributed by atoms with Crippen molar-refractivity contribution in [3.05, 3.63) is 12.7 Å². The Morgan fingerprint density at radius 1 is 1.50 bits per heavy atom. The summed E-state index contributed by atoms with van der Waals surface area (Å²) < 4.78 is 12.6. The van der Waals surface area contributed by atoms with Crippen molar-refractivity contribution in [2.24, 2.45) is 0 Å². The third-order valence-electron chi connectivity index (χ3n) is 2.41. The molecule has 1 fully saturated rings. The van der Waals surface area contributed by atoms with Gasteiger partial charge in [-0.15, -0.1) is 0 Å². The first kappa shape index (κ1) is 13.0. The normalized spacial score (nSPS) is 32.3. The molecule has 4 heteroatoms. The number of hydrogen-bond donors (Lipinski definition) is 0. The summed E-state index contributed by atoms with van der Waals surface area (Å²) in [6.07, 6.45) is 5.40. The van der Waals surface area contributed by atoms with E-state index in [9.17, 15) is 0 Å². The Morgan fingerprint density at radius 2 is 2.21 bits per heavy atom. The minimum absolute atomic E-state index is 0.0182. The van der Waals surface area contributed by atoms with Crippen molar-refractivity contribution in [1.82, 2.24) is 0 Å². The summed E-state index contributed by atoms with van der Waals surface area (Å²) >= 11 is -1.08. The average molecular weight is 405 g/mol. The zero-order chi connectivity index (χ0) is 10.4. The van der Waals surface area contributed by atoms with E-state index in [1.54, 1.807) is 0 Å². The minimum atomic E-state index is -1.08. The molecule has 14 heavy (non-hydrogen) atoms. The van der Waals surface area contributed by atoms with Crippen LogP contribution >= 0.6 is 8.25 Å². The average Bonchev–Trinajstić information content (AvgIpc) is 2.18. The van der Waals surface area contributed by atoms with E-state index in [1.807, 2.05) is 6.08 Å². The molecule has 0 aromatic carbocycles. The van der Waals surface area contributed by atoms with Crippen molar-refractivity contribution < 1.29 is 32.8 Å². The van der Waals surface area contributed by atoms with Gasteiger partial charge in [-0.3, -0.25) is 0 Å². The zero-order valence-electron chi connectivity index (χ0n) is 8.75. The molecule has 0 saturated carbocycles. The Labute approximate surface area is 102 Å². The standard InChI is InChI=1S/C10H17O2.ClH.Hg/c1-4-6-9-7-8(3)11-10(5-2)12-9;;/h4,8-10H,1,3,5-7H2,2H3;1H;/q;;+1/p-1/t8-,9+,10-;;/m1../s1. The monoisotopic (exact) mass is 406 g/mol. The van der Waals surface area contributed by atoms with Crippen LogP contribution in [0.4, 0.5) is 0 Å². The third-order valence-corrected chi connectivity index (χ3v) is 7.67. The van der Waals surface area contributed by atoms with Crippen molar-refractivity contribution in [1.29, 1.82) is 0 Å².